The molecule has 0 fully saturated rings. The first-order valence-electron chi connectivity index (χ1n) is 9.42. The number of phenolic OH excluding ortho intramolecular Hbond substituents is 1. The van der Waals surface area contributed by atoms with Gasteiger partial charge in [-0.05, 0) is 34.0 Å². The van der Waals surface area contributed by atoms with Crippen molar-refractivity contribution in [1.29, 1.82) is 0 Å². The maximum absolute atomic E-state index is 12.9. The molecule has 29 heavy (non-hydrogen) atoms. The van der Waals surface area contributed by atoms with Gasteiger partial charge >= 0.3 is 0 Å². The van der Waals surface area contributed by atoms with E-state index in [-0.39, 0.29) is 18.1 Å². The summed E-state index contributed by atoms with van der Waals surface area (Å²) >= 11 is 6.48. The Hall–Kier alpha value is -3.30. The molecule has 4 heteroatoms. The fourth-order valence-electron chi connectivity index (χ4n) is 3.60. The number of carbonyl (C=O) groups is 1. The summed E-state index contributed by atoms with van der Waals surface area (Å²) in [5.74, 6) is -0.0258. The number of phenols is 1. The highest BCUT2D eigenvalue weighted by atomic mass is 35.5. The van der Waals surface area contributed by atoms with Crippen LogP contribution in [0.25, 0.3) is 10.8 Å². The first-order valence-corrected chi connectivity index (χ1v) is 9.79. The second kappa shape index (κ2) is 8.38. The van der Waals surface area contributed by atoms with Crippen molar-refractivity contribution >= 4 is 28.3 Å². The highest BCUT2D eigenvalue weighted by Gasteiger charge is 2.24. The number of nitrogens with one attached hydrogen (secondary N) is 1. The zero-order valence-corrected chi connectivity index (χ0v) is 16.4. The minimum absolute atomic E-state index is 0.119. The van der Waals surface area contributed by atoms with Crippen molar-refractivity contribution in [2.45, 2.75) is 12.5 Å². The molecule has 0 aliphatic heterocycles. The Labute approximate surface area is 174 Å². The van der Waals surface area contributed by atoms with Crippen LogP contribution in [0.1, 0.15) is 22.7 Å². The first-order chi connectivity index (χ1) is 14.1. The highest BCUT2D eigenvalue weighted by Crippen LogP contribution is 2.38. The number of halogens is 1. The van der Waals surface area contributed by atoms with Crippen LogP contribution in [0.15, 0.2) is 91.0 Å². The molecular weight excluding hydrogens is 382 g/mol. The SMILES string of the molecule is O=C(Cc1ccccc1)N[C@H](c1ccccc1Cl)c1c(O)ccc2ccccc12. The van der Waals surface area contributed by atoms with Crippen LogP contribution >= 0.6 is 11.6 Å². The van der Waals surface area contributed by atoms with E-state index in [1.807, 2.05) is 78.9 Å². The van der Waals surface area contributed by atoms with Gasteiger partial charge in [0.15, 0.2) is 0 Å². The number of amides is 1. The molecule has 3 nitrogen and oxygen atoms in total. The molecule has 0 aliphatic rings. The number of fused-ring (bicyclic) bond motifs is 1. The van der Waals surface area contributed by atoms with Gasteiger partial charge in [0.25, 0.3) is 0 Å². The van der Waals surface area contributed by atoms with E-state index in [4.69, 9.17) is 11.6 Å². The number of carbonyl (C=O) groups excluding carboxylic acids is 1. The molecule has 2 N–H and O–H groups in total. The molecule has 4 aromatic rings. The summed E-state index contributed by atoms with van der Waals surface area (Å²) in [5.41, 5.74) is 2.30. The van der Waals surface area contributed by atoms with Crippen molar-refractivity contribution in [1.82, 2.24) is 5.32 Å². The van der Waals surface area contributed by atoms with Crippen molar-refractivity contribution in [3.8, 4) is 5.75 Å². The number of aromatic hydroxyl groups is 1. The molecular formula is C25H20ClNO2. The summed E-state index contributed by atoms with van der Waals surface area (Å²) in [5, 5.41) is 16.2. The molecule has 0 aliphatic carbocycles. The van der Waals surface area contributed by atoms with Gasteiger partial charge in [-0.3, -0.25) is 4.79 Å². The summed E-state index contributed by atoms with van der Waals surface area (Å²) in [6.07, 6.45) is 0.243. The number of rotatable bonds is 5. The van der Waals surface area contributed by atoms with E-state index in [2.05, 4.69) is 5.32 Å². The lowest BCUT2D eigenvalue weighted by Gasteiger charge is -2.23. The van der Waals surface area contributed by atoms with Crippen LogP contribution in [0.5, 0.6) is 5.75 Å². The fraction of sp³-hybridized carbons (Fsp3) is 0.0800. The molecule has 0 bridgehead atoms. The van der Waals surface area contributed by atoms with Crippen LogP contribution in [0.4, 0.5) is 0 Å². The molecule has 1 atom stereocenters. The molecule has 0 saturated carbocycles. The van der Waals surface area contributed by atoms with Crippen molar-refractivity contribution in [3.05, 3.63) is 113 Å². The largest absolute Gasteiger partial charge is 0.508 e. The molecule has 0 heterocycles. The second-order valence-electron chi connectivity index (χ2n) is 6.90. The van der Waals surface area contributed by atoms with E-state index in [1.165, 1.54) is 0 Å². The third-order valence-electron chi connectivity index (χ3n) is 4.97. The molecule has 0 saturated heterocycles. The van der Waals surface area contributed by atoms with Gasteiger partial charge in [-0.15, -0.1) is 0 Å². The predicted octanol–water partition coefficient (Wildman–Crippen LogP) is 5.65. The Bertz CT molecular complexity index is 1160. The van der Waals surface area contributed by atoms with Gasteiger partial charge in [0.05, 0.1) is 12.5 Å². The van der Waals surface area contributed by atoms with Gasteiger partial charge in [-0.2, -0.15) is 0 Å². The monoisotopic (exact) mass is 401 g/mol. The summed E-state index contributed by atoms with van der Waals surface area (Å²) < 4.78 is 0. The molecule has 0 radical (unpaired) electrons. The molecule has 0 aromatic heterocycles. The van der Waals surface area contributed by atoms with Crippen LogP contribution in [-0.2, 0) is 11.2 Å². The van der Waals surface area contributed by atoms with Crippen LogP contribution in [0.2, 0.25) is 5.02 Å². The van der Waals surface area contributed by atoms with Gasteiger partial charge in [0.2, 0.25) is 5.91 Å². The van der Waals surface area contributed by atoms with Crippen LogP contribution in [0, 0.1) is 0 Å². The second-order valence-corrected chi connectivity index (χ2v) is 7.31. The Morgan fingerprint density at radius 3 is 2.34 bits per heavy atom. The first kappa shape index (κ1) is 19.0. The molecule has 144 valence electrons. The summed E-state index contributed by atoms with van der Waals surface area (Å²) in [6.45, 7) is 0. The van der Waals surface area contributed by atoms with Crippen molar-refractivity contribution in [3.63, 3.8) is 0 Å². The number of hydrogen-bond acceptors (Lipinski definition) is 2. The van der Waals surface area contributed by atoms with E-state index in [0.717, 1.165) is 21.9 Å². The summed E-state index contributed by atoms with van der Waals surface area (Å²) in [6, 6.07) is 27.7. The Balaban J connectivity index is 1.79. The lowest BCUT2D eigenvalue weighted by Crippen LogP contribution is -2.31. The maximum atomic E-state index is 12.9. The zero-order valence-electron chi connectivity index (χ0n) is 15.7. The predicted molar refractivity (Wildman–Crippen MR) is 117 cm³/mol. The Morgan fingerprint density at radius 1 is 0.862 bits per heavy atom. The third kappa shape index (κ3) is 4.10. The van der Waals surface area contributed by atoms with Gasteiger partial charge in [0, 0.05) is 10.6 Å². The minimum Gasteiger partial charge on any atom is -0.508 e. The fourth-order valence-corrected chi connectivity index (χ4v) is 3.84. The lowest BCUT2D eigenvalue weighted by molar-refractivity contribution is -0.120. The van der Waals surface area contributed by atoms with Crippen molar-refractivity contribution in [2.24, 2.45) is 0 Å². The summed E-state index contributed by atoms with van der Waals surface area (Å²) in [7, 11) is 0. The van der Waals surface area contributed by atoms with E-state index >= 15 is 0 Å². The Morgan fingerprint density at radius 2 is 1.55 bits per heavy atom. The molecule has 4 rings (SSSR count). The summed E-state index contributed by atoms with van der Waals surface area (Å²) in [4.78, 5) is 12.9. The Kier molecular flexibility index (Phi) is 5.50. The standard InChI is InChI=1S/C25H20ClNO2/c26-21-13-7-6-12-20(21)25(27-23(29)16-17-8-2-1-3-9-17)24-19-11-5-4-10-18(19)14-15-22(24)28/h1-15,25,28H,16H2,(H,27,29)/t25-/m1/s1. The molecule has 4 aromatic carbocycles. The van der Waals surface area contributed by atoms with E-state index in [9.17, 15) is 9.90 Å². The smallest absolute Gasteiger partial charge is 0.225 e. The number of benzene rings is 4. The van der Waals surface area contributed by atoms with Gasteiger partial charge in [0.1, 0.15) is 5.75 Å². The van der Waals surface area contributed by atoms with E-state index in [0.29, 0.717) is 10.6 Å². The number of hydrogen-bond donors (Lipinski definition) is 2. The quantitative estimate of drug-likeness (QED) is 0.454. The van der Waals surface area contributed by atoms with Crippen molar-refractivity contribution < 1.29 is 9.90 Å². The van der Waals surface area contributed by atoms with Gasteiger partial charge < -0.3 is 10.4 Å². The van der Waals surface area contributed by atoms with E-state index < -0.39 is 6.04 Å². The van der Waals surface area contributed by atoms with Gasteiger partial charge in [-0.25, -0.2) is 0 Å². The van der Waals surface area contributed by atoms with Crippen LogP contribution in [0.3, 0.4) is 0 Å². The highest BCUT2D eigenvalue weighted by molar-refractivity contribution is 6.31. The lowest BCUT2D eigenvalue weighted by atomic mass is 9.92. The topological polar surface area (TPSA) is 49.3 Å². The van der Waals surface area contributed by atoms with E-state index in [1.54, 1.807) is 12.1 Å². The van der Waals surface area contributed by atoms with Crippen molar-refractivity contribution in [2.75, 3.05) is 0 Å². The normalized spacial score (nSPS) is 11.9. The maximum Gasteiger partial charge on any atom is 0.225 e. The third-order valence-corrected chi connectivity index (χ3v) is 5.31. The van der Waals surface area contributed by atoms with Gasteiger partial charge in [-0.1, -0.05) is 90.5 Å². The minimum atomic E-state index is -0.578. The zero-order chi connectivity index (χ0) is 20.2. The molecule has 1 amide bonds. The van der Waals surface area contributed by atoms with Crippen LogP contribution in [-0.4, -0.2) is 11.0 Å². The van der Waals surface area contributed by atoms with Crippen LogP contribution < -0.4 is 5.32 Å². The molecule has 0 spiro atoms. The average Bonchev–Trinajstić information content (AvgIpc) is 2.74. The molecule has 0 unspecified atom stereocenters. The average molecular weight is 402 g/mol.